The van der Waals surface area contributed by atoms with E-state index in [9.17, 15) is 9.59 Å². The van der Waals surface area contributed by atoms with E-state index in [1.807, 2.05) is 65.6 Å². The predicted molar refractivity (Wildman–Crippen MR) is 123 cm³/mol. The summed E-state index contributed by atoms with van der Waals surface area (Å²) in [6.07, 6.45) is 4.20. The molecule has 1 amide bonds. The first-order valence-corrected chi connectivity index (χ1v) is 11.4. The van der Waals surface area contributed by atoms with Crippen molar-refractivity contribution in [2.45, 2.75) is 24.8 Å². The van der Waals surface area contributed by atoms with Gasteiger partial charge in [0.2, 0.25) is 5.91 Å². The van der Waals surface area contributed by atoms with Crippen molar-refractivity contribution < 1.29 is 14.3 Å². The second-order valence-electron chi connectivity index (χ2n) is 7.24. The third kappa shape index (κ3) is 4.44. The van der Waals surface area contributed by atoms with Gasteiger partial charge in [0.15, 0.2) is 0 Å². The van der Waals surface area contributed by atoms with E-state index in [4.69, 9.17) is 4.74 Å². The quantitative estimate of drug-likeness (QED) is 0.414. The highest BCUT2D eigenvalue weighted by molar-refractivity contribution is 7.97. The minimum absolute atomic E-state index is 0.0811. The van der Waals surface area contributed by atoms with Crippen molar-refractivity contribution in [3.63, 3.8) is 0 Å². The van der Waals surface area contributed by atoms with Crippen LogP contribution in [0.5, 0.6) is 0 Å². The Labute approximate surface area is 184 Å². The molecule has 0 aliphatic carbocycles. The number of amides is 1. The molecule has 0 bridgehead atoms. The molecular weight excluding hydrogens is 412 g/mol. The van der Waals surface area contributed by atoms with Gasteiger partial charge in [-0.1, -0.05) is 30.3 Å². The van der Waals surface area contributed by atoms with Crippen molar-refractivity contribution in [1.29, 1.82) is 0 Å². The summed E-state index contributed by atoms with van der Waals surface area (Å²) < 4.78 is 6.86. The van der Waals surface area contributed by atoms with E-state index in [2.05, 4.69) is 15.3 Å². The molecule has 0 saturated heterocycles. The summed E-state index contributed by atoms with van der Waals surface area (Å²) in [6.45, 7) is 0.0811. The molecule has 2 aromatic heterocycles. The van der Waals surface area contributed by atoms with Gasteiger partial charge in [-0.2, -0.15) is 11.8 Å². The molecule has 31 heavy (non-hydrogen) atoms. The third-order valence-electron chi connectivity index (χ3n) is 5.23. The van der Waals surface area contributed by atoms with Crippen molar-refractivity contribution >= 4 is 45.6 Å². The number of fused-ring (bicyclic) bond motifs is 2. The number of esters is 1. The van der Waals surface area contributed by atoms with E-state index in [0.717, 1.165) is 33.3 Å². The minimum Gasteiger partial charge on any atom is -0.467 e. The van der Waals surface area contributed by atoms with Crippen LogP contribution in [0, 0.1) is 0 Å². The van der Waals surface area contributed by atoms with Crippen LogP contribution in [0.4, 0.5) is 0 Å². The van der Waals surface area contributed by atoms with E-state index in [1.54, 1.807) is 11.8 Å². The van der Waals surface area contributed by atoms with Crippen LogP contribution in [-0.4, -0.2) is 45.8 Å². The number of nitrogens with zero attached hydrogens (tertiary/aromatic N) is 2. The summed E-state index contributed by atoms with van der Waals surface area (Å²) in [4.78, 5) is 33.2. The number of hydrogen-bond donors (Lipinski definition) is 2. The number of aromatic amines is 1. The monoisotopic (exact) mass is 436 g/mol. The van der Waals surface area contributed by atoms with Gasteiger partial charge in [0.05, 0.1) is 23.9 Å². The third-order valence-corrected chi connectivity index (χ3v) is 5.78. The molecule has 0 spiro atoms. The van der Waals surface area contributed by atoms with E-state index < -0.39 is 12.0 Å². The Hall–Kier alpha value is -3.26. The van der Waals surface area contributed by atoms with Crippen LogP contribution in [0.15, 0.2) is 54.7 Å². The first-order valence-electron chi connectivity index (χ1n) is 9.96. The highest BCUT2D eigenvalue weighted by atomic mass is 32.2. The van der Waals surface area contributed by atoms with Gasteiger partial charge in [0, 0.05) is 23.5 Å². The molecule has 8 heteroatoms. The topological polar surface area (TPSA) is 89.0 Å². The summed E-state index contributed by atoms with van der Waals surface area (Å²) in [5, 5.41) is 3.88. The Kier molecular flexibility index (Phi) is 6.27. The standard InChI is InChI=1S/C23H24N4O3S/c1-30-23(29)19(11-15-12-24-17-8-4-3-7-16(15)17)26-22(28)13-27-20-10-6-5-9-18(20)25-21(27)14-31-2/h3-10,12,19,24H,11,13-14H2,1-2H3,(H,26,28). The van der Waals surface area contributed by atoms with Gasteiger partial charge in [-0.25, -0.2) is 9.78 Å². The van der Waals surface area contributed by atoms with Crippen molar-refractivity contribution in [2.24, 2.45) is 0 Å². The first kappa shape index (κ1) is 21.0. The van der Waals surface area contributed by atoms with Crippen molar-refractivity contribution in [3.8, 4) is 0 Å². The number of carbonyl (C=O) groups is 2. The lowest BCUT2D eigenvalue weighted by atomic mass is 10.0. The number of ether oxygens (including phenoxy) is 1. The zero-order valence-electron chi connectivity index (χ0n) is 17.4. The molecule has 0 radical (unpaired) electrons. The molecule has 1 atom stereocenters. The van der Waals surface area contributed by atoms with Crippen molar-refractivity contribution in [1.82, 2.24) is 19.9 Å². The molecule has 4 rings (SSSR count). The summed E-state index contributed by atoms with van der Waals surface area (Å²) in [5.74, 6) is 0.784. The van der Waals surface area contributed by atoms with E-state index in [0.29, 0.717) is 12.2 Å². The molecule has 1 unspecified atom stereocenters. The summed E-state index contributed by atoms with van der Waals surface area (Å²) in [5.41, 5.74) is 3.68. The molecule has 0 aliphatic rings. The van der Waals surface area contributed by atoms with Crippen molar-refractivity contribution in [2.75, 3.05) is 13.4 Å². The van der Waals surface area contributed by atoms with Gasteiger partial charge in [0.25, 0.3) is 0 Å². The number of carbonyl (C=O) groups excluding carboxylic acids is 2. The molecule has 0 aliphatic heterocycles. The van der Waals surface area contributed by atoms with Gasteiger partial charge in [-0.05, 0) is 30.0 Å². The van der Waals surface area contributed by atoms with Crippen molar-refractivity contribution in [3.05, 3.63) is 66.1 Å². The average Bonchev–Trinajstić information content (AvgIpc) is 3.34. The molecule has 0 saturated carbocycles. The maximum Gasteiger partial charge on any atom is 0.328 e. The predicted octanol–water partition coefficient (Wildman–Crippen LogP) is 3.28. The number of H-pyrrole nitrogens is 1. The number of methoxy groups -OCH3 is 1. The minimum atomic E-state index is -0.782. The van der Waals surface area contributed by atoms with Gasteiger partial charge in [-0.15, -0.1) is 0 Å². The number of hydrogen-bond acceptors (Lipinski definition) is 5. The van der Waals surface area contributed by atoms with Gasteiger partial charge in [-0.3, -0.25) is 4.79 Å². The Morgan fingerprint density at radius 3 is 2.77 bits per heavy atom. The Bertz CT molecular complexity index is 1230. The highest BCUT2D eigenvalue weighted by Crippen LogP contribution is 2.21. The van der Waals surface area contributed by atoms with Crippen LogP contribution in [0.3, 0.4) is 0 Å². The molecule has 2 aromatic carbocycles. The van der Waals surface area contributed by atoms with Crippen LogP contribution in [0.2, 0.25) is 0 Å². The SMILES string of the molecule is COC(=O)C(Cc1c[nH]c2ccccc12)NC(=O)Cn1c(CSC)nc2ccccc21. The summed E-state index contributed by atoms with van der Waals surface area (Å²) >= 11 is 1.64. The van der Waals surface area contributed by atoms with Crippen LogP contribution >= 0.6 is 11.8 Å². The average molecular weight is 437 g/mol. The van der Waals surface area contributed by atoms with Crippen LogP contribution in [0.1, 0.15) is 11.4 Å². The second-order valence-corrected chi connectivity index (χ2v) is 8.11. The van der Waals surface area contributed by atoms with Gasteiger partial charge >= 0.3 is 5.97 Å². The van der Waals surface area contributed by atoms with Crippen LogP contribution < -0.4 is 5.32 Å². The normalized spacial score (nSPS) is 12.2. The number of para-hydroxylation sites is 3. The molecular formula is C23H24N4O3S. The van der Waals surface area contributed by atoms with E-state index in [-0.39, 0.29) is 12.5 Å². The fraction of sp³-hybridized carbons (Fsp3) is 0.261. The lowest BCUT2D eigenvalue weighted by Gasteiger charge is -2.17. The number of rotatable bonds is 8. The smallest absolute Gasteiger partial charge is 0.328 e. The van der Waals surface area contributed by atoms with Gasteiger partial charge < -0.3 is 19.6 Å². The largest absolute Gasteiger partial charge is 0.467 e. The molecule has 4 aromatic rings. The molecule has 2 heterocycles. The summed E-state index contributed by atoms with van der Waals surface area (Å²) in [6, 6.07) is 14.8. The number of thioether (sulfide) groups is 1. The van der Waals surface area contributed by atoms with Gasteiger partial charge in [0.1, 0.15) is 18.4 Å². The molecule has 0 fully saturated rings. The fourth-order valence-corrected chi connectivity index (χ4v) is 4.26. The Morgan fingerprint density at radius 2 is 1.97 bits per heavy atom. The Morgan fingerprint density at radius 1 is 1.19 bits per heavy atom. The lowest BCUT2D eigenvalue weighted by Crippen LogP contribution is -2.44. The first-order chi connectivity index (χ1) is 15.1. The van der Waals surface area contributed by atoms with Crippen LogP contribution in [0.25, 0.3) is 21.9 Å². The Balaban J connectivity index is 1.55. The van der Waals surface area contributed by atoms with E-state index >= 15 is 0 Å². The summed E-state index contributed by atoms with van der Waals surface area (Å²) in [7, 11) is 1.33. The number of aromatic nitrogens is 3. The second kappa shape index (κ2) is 9.26. The van der Waals surface area contributed by atoms with E-state index in [1.165, 1.54) is 7.11 Å². The fourth-order valence-electron chi connectivity index (χ4n) is 3.78. The molecule has 160 valence electrons. The maximum absolute atomic E-state index is 13.0. The zero-order chi connectivity index (χ0) is 21.8. The number of nitrogens with one attached hydrogen (secondary N) is 2. The maximum atomic E-state index is 13.0. The molecule has 2 N–H and O–H groups in total. The van der Waals surface area contributed by atoms with Crippen LogP contribution in [-0.2, 0) is 33.0 Å². The zero-order valence-corrected chi connectivity index (χ0v) is 18.2. The number of imidazole rings is 1. The lowest BCUT2D eigenvalue weighted by molar-refractivity contribution is -0.145. The highest BCUT2D eigenvalue weighted by Gasteiger charge is 2.24. The number of benzene rings is 2. The molecule has 7 nitrogen and oxygen atoms in total.